The summed E-state index contributed by atoms with van der Waals surface area (Å²) in [7, 11) is -3.42. The standard InChI is InChI=1S/C11H17N3O3S/c1-8(15)10-7-9(3-4-11(10)12)14-5-2-6-18(13,16)17/h3-4,7,14H,2,5-6,12H2,1H3,(H2,13,16,17). The SMILES string of the molecule is CC(=O)c1cc(NCCCS(N)(=O)=O)ccc1N. The molecule has 6 nitrogen and oxygen atoms in total. The summed E-state index contributed by atoms with van der Waals surface area (Å²) < 4.78 is 21.4. The maximum atomic E-state index is 11.3. The van der Waals surface area contributed by atoms with Crippen LogP contribution in [-0.4, -0.2) is 26.5 Å². The van der Waals surface area contributed by atoms with Crippen LogP contribution in [-0.2, 0) is 10.0 Å². The van der Waals surface area contributed by atoms with Gasteiger partial charge in [-0.2, -0.15) is 0 Å². The van der Waals surface area contributed by atoms with Gasteiger partial charge in [-0.1, -0.05) is 0 Å². The van der Waals surface area contributed by atoms with Crippen molar-refractivity contribution in [2.24, 2.45) is 5.14 Å². The fourth-order valence-corrected chi connectivity index (χ4v) is 2.02. The van der Waals surface area contributed by atoms with Crippen LogP contribution in [0.15, 0.2) is 18.2 Å². The number of nitrogens with one attached hydrogen (secondary N) is 1. The Balaban J connectivity index is 2.58. The second-order valence-corrected chi connectivity index (χ2v) is 5.74. The predicted octanol–water partition coefficient (Wildman–Crippen LogP) is 0.562. The molecule has 0 aliphatic carbocycles. The summed E-state index contributed by atoms with van der Waals surface area (Å²) in [6, 6.07) is 5.02. The topological polar surface area (TPSA) is 115 Å². The minimum absolute atomic E-state index is 0.0749. The second kappa shape index (κ2) is 5.83. The highest BCUT2D eigenvalue weighted by molar-refractivity contribution is 7.89. The molecule has 0 radical (unpaired) electrons. The van der Waals surface area contributed by atoms with E-state index in [9.17, 15) is 13.2 Å². The quantitative estimate of drug-likeness (QED) is 0.397. The Labute approximate surface area is 106 Å². The van der Waals surface area contributed by atoms with E-state index in [1.165, 1.54) is 6.92 Å². The van der Waals surface area contributed by atoms with Crippen molar-refractivity contribution < 1.29 is 13.2 Å². The zero-order chi connectivity index (χ0) is 13.8. The normalized spacial score (nSPS) is 11.2. The van der Waals surface area contributed by atoms with Gasteiger partial charge in [0.2, 0.25) is 10.0 Å². The molecular formula is C11H17N3O3S. The van der Waals surface area contributed by atoms with Gasteiger partial charge >= 0.3 is 0 Å². The van der Waals surface area contributed by atoms with Crippen molar-refractivity contribution in [1.29, 1.82) is 0 Å². The smallest absolute Gasteiger partial charge is 0.209 e. The van der Waals surface area contributed by atoms with E-state index in [1.54, 1.807) is 18.2 Å². The molecule has 1 rings (SSSR count). The van der Waals surface area contributed by atoms with E-state index in [0.717, 1.165) is 5.69 Å². The monoisotopic (exact) mass is 271 g/mol. The number of ketones is 1. The molecule has 0 amide bonds. The fourth-order valence-electron chi connectivity index (χ4n) is 1.48. The number of anilines is 2. The molecule has 1 aromatic rings. The molecule has 0 saturated carbocycles. The van der Waals surface area contributed by atoms with Gasteiger partial charge in [-0.15, -0.1) is 0 Å². The summed E-state index contributed by atoms with van der Waals surface area (Å²) in [6.45, 7) is 1.90. The third-order valence-corrected chi connectivity index (χ3v) is 3.23. The van der Waals surface area contributed by atoms with Crippen LogP contribution < -0.4 is 16.2 Å². The lowest BCUT2D eigenvalue weighted by Gasteiger charge is -2.08. The third-order valence-electron chi connectivity index (χ3n) is 2.37. The number of hydrogen-bond acceptors (Lipinski definition) is 5. The number of carbonyl (C=O) groups is 1. The van der Waals surface area contributed by atoms with E-state index in [2.05, 4.69) is 5.32 Å². The van der Waals surface area contributed by atoms with E-state index in [-0.39, 0.29) is 11.5 Å². The first-order valence-corrected chi connectivity index (χ1v) is 7.16. The minimum Gasteiger partial charge on any atom is -0.398 e. The summed E-state index contributed by atoms with van der Waals surface area (Å²) >= 11 is 0. The molecule has 0 fully saturated rings. The number of nitrogen functional groups attached to an aromatic ring is 1. The maximum absolute atomic E-state index is 11.3. The number of sulfonamides is 1. The van der Waals surface area contributed by atoms with E-state index in [1.807, 2.05) is 0 Å². The van der Waals surface area contributed by atoms with Crippen LogP contribution >= 0.6 is 0 Å². The van der Waals surface area contributed by atoms with Crippen molar-refractivity contribution in [3.05, 3.63) is 23.8 Å². The van der Waals surface area contributed by atoms with Gasteiger partial charge < -0.3 is 11.1 Å². The molecule has 7 heteroatoms. The van der Waals surface area contributed by atoms with Crippen molar-refractivity contribution in [2.75, 3.05) is 23.3 Å². The number of nitrogens with two attached hydrogens (primary N) is 2. The maximum Gasteiger partial charge on any atom is 0.209 e. The molecule has 0 spiro atoms. The van der Waals surface area contributed by atoms with Gasteiger partial charge in [-0.3, -0.25) is 4.79 Å². The van der Waals surface area contributed by atoms with Crippen LogP contribution in [0.2, 0.25) is 0 Å². The first-order valence-electron chi connectivity index (χ1n) is 5.44. The van der Waals surface area contributed by atoms with Gasteiger partial charge in [0.1, 0.15) is 0 Å². The van der Waals surface area contributed by atoms with Gasteiger partial charge in [-0.25, -0.2) is 13.6 Å². The van der Waals surface area contributed by atoms with Crippen LogP contribution in [0, 0.1) is 0 Å². The zero-order valence-corrected chi connectivity index (χ0v) is 11.0. The molecule has 100 valence electrons. The van der Waals surface area contributed by atoms with Gasteiger partial charge in [0.15, 0.2) is 5.78 Å². The Hall–Kier alpha value is -1.60. The predicted molar refractivity (Wildman–Crippen MR) is 71.9 cm³/mol. The highest BCUT2D eigenvalue weighted by Crippen LogP contribution is 2.18. The highest BCUT2D eigenvalue weighted by Gasteiger charge is 2.06. The van der Waals surface area contributed by atoms with Crippen LogP contribution in [0.5, 0.6) is 0 Å². The average molecular weight is 271 g/mol. The number of benzene rings is 1. The van der Waals surface area contributed by atoms with E-state index in [4.69, 9.17) is 10.9 Å². The lowest BCUT2D eigenvalue weighted by Crippen LogP contribution is -2.18. The van der Waals surface area contributed by atoms with Crippen molar-refractivity contribution >= 4 is 27.2 Å². The molecule has 18 heavy (non-hydrogen) atoms. The summed E-state index contributed by atoms with van der Waals surface area (Å²) in [6.07, 6.45) is 0.401. The number of carbonyl (C=O) groups excluding carboxylic acids is 1. The molecular weight excluding hydrogens is 254 g/mol. The van der Waals surface area contributed by atoms with Crippen LogP contribution in [0.1, 0.15) is 23.7 Å². The summed E-state index contributed by atoms with van der Waals surface area (Å²) in [5, 5.41) is 7.89. The molecule has 5 N–H and O–H groups in total. The van der Waals surface area contributed by atoms with Crippen LogP contribution in [0.3, 0.4) is 0 Å². The molecule has 0 heterocycles. The second-order valence-electron chi connectivity index (χ2n) is 4.01. The van der Waals surface area contributed by atoms with Crippen molar-refractivity contribution in [3.63, 3.8) is 0 Å². The highest BCUT2D eigenvalue weighted by atomic mass is 32.2. The van der Waals surface area contributed by atoms with Gasteiger partial charge in [0.25, 0.3) is 0 Å². The Morgan fingerprint density at radius 2 is 2.06 bits per heavy atom. The Morgan fingerprint density at radius 3 is 2.61 bits per heavy atom. The van der Waals surface area contributed by atoms with Crippen molar-refractivity contribution in [1.82, 2.24) is 0 Å². The summed E-state index contributed by atoms with van der Waals surface area (Å²) in [4.78, 5) is 11.3. The largest absolute Gasteiger partial charge is 0.398 e. The van der Waals surface area contributed by atoms with Crippen molar-refractivity contribution in [3.8, 4) is 0 Å². The van der Waals surface area contributed by atoms with Gasteiger partial charge in [0.05, 0.1) is 5.75 Å². The molecule has 0 aliphatic heterocycles. The van der Waals surface area contributed by atoms with E-state index >= 15 is 0 Å². The molecule has 0 aromatic heterocycles. The van der Waals surface area contributed by atoms with Crippen LogP contribution in [0.25, 0.3) is 0 Å². The Morgan fingerprint density at radius 1 is 1.39 bits per heavy atom. The first-order chi connectivity index (χ1) is 8.29. The number of primary sulfonamides is 1. The zero-order valence-electron chi connectivity index (χ0n) is 10.1. The van der Waals surface area contributed by atoms with Crippen LogP contribution in [0.4, 0.5) is 11.4 Å². The summed E-state index contributed by atoms with van der Waals surface area (Å²) in [5.74, 6) is -0.185. The Kier molecular flexibility index (Phi) is 4.69. The fraction of sp³-hybridized carbons (Fsp3) is 0.364. The molecule has 0 bridgehead atoms. The lowest BCUT2D eigenvalue weighted by molar-refractivity contribution is 0.101. The molecule has 0 atom stereocenters. The molecule has 0 unspecified atom stereocenters. The average Bonchev–Trinajstić information content (AvgIpc) is 2.24. The Bertz CT molecular complexity index is 540. The first kappa shape index (κ1) is 14.5. The number of Topliss-reactive ketones (excluding diaryl/α,β-unsaturated/α-hetero) is 1. The van der Waals surface area contributed by atoms with Gasteiger partial charge in [0, 0.05) is 23.5 Å². The third kappa shape index (κ3) is 4.72. The lowest BCUT2D eigenvalue weighted by atomic mass is 10.1. The van der Waals surface area contributed by atoms with E-state index < -0.39 is 10.0 Å². The number of rotatable bonds is 6. The minimum atomic E-state index is -3.42. The van der Waals surface area contributed by atoms with Gasteiger partial charge in [-0.05, 0) is 31.5 Å². The molecule has 1 aromatic carbocycles. The summed E-state index contributed by atoms with van der Waals surface area (Å²) in [5.41, 5.74) is 7.26. The van der Waals surface area contributed by atoms with E-state index in [0.29, 0.717) is 24.2 Å². The number of hydrogen-bond donors (Lipinski definition) is 3. The van der Waals surface area contributed by atoms with Crippen molar-refractivity contribution in [2.45, 2.75) is 13.3 Å². The molecule has 0 saturated heterocycles. The molecule has 0 aliphatic rings.